The summed E-state index contributed by atoms with van der Waals surface area (Å²) in [6.45, 7) is 6.70. The minimum Gasteiger partial charge on any atom is -0.481 e. The van der Waals surface area contributed by atoms with Crippen LogP contribution in [0.3, 0.4) is 0 Å². The van der Waals surface area contributed by atoms with Crippen LogP contribution in [0.1, 0.15) is 58.0 Å². The average Bonchev–Trinajstić information content (AvgIpc) is 2.47. The molecule has 1 aliphatic carbocycles. The largest absolute Gasteiger partial charge is 0.481 e. The molecular formula is C17H27N3O3. The van der Waals surface area contributed by atoms with Crippen molar-refractivity contribution in [3.8, 4) is 0 Å². The van der Waals surface area contributed by atoms with Gasteiger partial charge in [-0.25, -0.2) is 9.97 Å². The maximum absolute atomic E-state index is 11.0. The average molecular weight is 321 g/mol. The number of ether oxygens (including phenoxy) is 1. The lowest BCUT2D eigenvalue weighted by Crippen LogP contribution is -2.30. The van der Waals surface area contributed by atoms with E-state index in [1.165, 1.54) is 0 Å². The number of nitrogens with one attached hydrogen (secondary N) is 1. The van der Waals surface area contributed by atoms with Gasteiger partial charge in [0, 0.05) is 24.6 Å². The van der Waals surface area contributed by atoms with Gasteiger partial charge in [0.25, 0.3) is 0 Å². The van der Waals surface area contributed by atoms with Crippen LogP contribution in [0.25, 0.3) is 0 Å². The van der Waals surface area contributed by atoms with Crippen LogP contribution in [-0.2, 0) is 21.6 Å². The Balaban J connectivity index is 2.10. The van der Waals surface area contributed by atoms with E-state index in [0.717, 1.165) is 43.0 Å². The van der Waals surface area contributed by atoms with Crippen LogP contribution in [0, 0.1) is 5.92 Å². The number of aromatic nitrogens is 2. The fourth-order valence-electron chi connectivity index (χ4n) is 2.82. The summed E-state index contributed by atoms with van der Waals surface area (Å²) < 4.78 is 5.20. The van der Waals surface area contributed by atoms with E-state index < -0.39 is 5.97 Å². The molecule has 0 radical (unpaired) electrons. The molecule has 2 N–H and O–H groups in total. The first-order valence-electron chi connectivity index (χ1n) is 8.16. The van der Waals surface area contributed by atoms with Gasteiger partial charge >= 0.3 is 5.97 Å². The Morgan fingerprint density at radius 3 is 2.48 bits per heavy atom. The van der Waals surface area contributed by atoms with Crippen molar-refractivity contribution >= 4 is 11.8 Å². The fraction of sp³-hybridized carbons (Fsp3) is 0.706. The molecule has 2 rings (SSSR count). The van der Waals surface area contributed by atoms with Crippen molar-refractivity contribution < 1.29 is 14.6 Å². The maximum Gasteiger partial charge on any atom is 0.306 e. The maximum atomic E-state index is 11.0. The van der Waals surface area contributed by atoms with Crippen molar-refractivity contribution in [2.75, 3.05) is 12.4 Å². The summed E-state index contributed by atoms with van der Waals surface area (Å²) in [5.41, 5.74) is 0.718. The molecule has 6 nitrogen and oxygen atoms in total. The lowest BCUT2D eigenvalue weighted by molar-refractivity contribution is -0.142. The molecule has 128 valence electrons. The SMILES string of the molecule is COCc1cc(NC2CCC(C(=O)O)CC2)nc(C(C)(C)C)n1. The van der Waals surface area contributed by atoms with E-state index in [2.05, 4.69) is 36.1 Å². The van der Waals surface area contributed by atoms with Gasteiger partial charge in [0.05, 0.1) is 18.2 Å². The first-order valence-corrected chi connectivity index (χ1v) is 8.16. The van der Waals surface area contributed by atoms with Gasteiger partial charge in [-0.2, -0.15) is 0 Å². The molecule has 0 aromatic carbocycles. The summed E-state index contributed by atoms with van der Waals surface area (Å²) in [7, 11) is 1.65. The number of carbonyl (C=O) groups is 1. The number of carboxylic acids is 1. The Morgan fingerprint density at radius 2 is 1.96 bits per heavy atom. The molecule has 0 aliphatic heterocycles. The molecule has 23 heavy (non-hydrogen) atoms. The highest BCUT2D eigenvalue weighted by Crippen LogP contribution is 2.27. The molecule has 6 heteroatoms. The van der Waals surface area contributed by atoms with Crippen LogP contribution in [0.5, 0.6) is 0 Å². The zero-order valence-corrected chi connectivity index (χ0v) is 14.4. The van der Waals surface area contributed by atoms with E-state index >= 15 is 0 Å². The minimum atomic E-state index is -0.678. The number of hydrogen-bond acceptors (Lipinski definition) is 5. The van der Waals surface area contributed by atoms with Crippen molar-refractivity contribution in [3.63, 3.8) is 0 Å². The number of nitrogens with zero attached hydrogens (tertiary/aromatic N) is 2. The summed E-state index contributed by atoms with van der Waals surface area (Å²) in [4.78, 5) is 20.2. The van der Waals surface area contributed by atoms with Crippen LogP contribution in [0.15, 0.2) is 6.07 Å². The molecule has 1 saturated carbocycles. The van der Waals surface area contributed by atoms with E-state index in [4.69, 9.17) is 9.84 Å². The second-order valence-electron chi connectivity index (χ2n) is 7.28. The Morgan fingerprint density at radius 1 is 1.30 bits per heavy atom. The van der Waals surface area contributed by atoms with Gasteiger partial charge in [0.15, 0.2) is 0 Å². The van der Waals surface area contributed by atoms with Crippen LogP contribution in [0.4, 0.5) is 5.82 Å². The molecule has 1 aromatic rings. The summed E-state index contributed by atoms with van der Waals surface area (Å²) in [6, 6.07) is 2.19. The van der Waals surface area contributed by atoms with E-state index in [-0.39, 0.29) is 17.4 Å². The van der Waals surface area contributed by atoms with Gasteiger partial charge in [0.2, 0.25) is 0 Å². The Kier molecular flexibility index (Phi) is 5.57. The van der Waals surface area contributed by atoms with Gasteiger partial charge < -0.3 is 15.2 Å². The Bertz CT molecular complexity index is 547. The van der Waals surface area contributed by atoms with E-state index in [1.807, 2.05) is 6.07 Å². The van der Waals surface area contributed by atoms with Crippen molar-refractivity contribution in [3.05, 3.63) is 17.6 Å². The molecule has 1 heterocycles. The lowest BCUT2D eigenvalue weighted by Gasteiger charge is -2.28. The summed E-state index contributed by atoms with van der Waals surface area (Å²) in [5, 5.41) is 12.5. The third-order valence-electron chi connectivity index (χ3n) is 4.17. The first-order chi connectivity index (χ1) is 10.8. The van der Waals surface area contributed by atoms with Gasteiger partial charge in [-0.3, -0.25) is 4.79 Å². The number of anilines is 1. The van der Waals surface area contributed by atoms with Crippen molar-refractivity contribution in [1.29, 1.82) is 0 Å². The zero-order chi connectivity index (χ0) is 17.0. The quantitative estimate of drug-likeness (QED) is 0.867. The van der Waals surface area contributed by atoms with E-state index in [9.17, 15) is 4.79 Å². The highest BCUT2D eigenvalue weighted by atomic mass is 16.5. The lowest BCUT2D eigenvalue weighted by atomic mass is 9.86. The number of hydrogen-bond donors (Lipinski definition) is 2. The predicted molar refractivity (Wildman–Crippen MR) is 88.4 cm³/mol. The van der Waals surface area contributed by atoms with Crippen molar-refractivity contribution in [2.45, 2.75) is 64.5 Å². The van der Waals surface area contributed by atoms with Gasteiger partial charge in [0.1, 0.15) is 11.6 Å². The van der Waals surface area contributed by atoms with Crippen LogP contribution in [0.2, 0.25) is 0 Å². The van der Waals surface area contributed by atoms with Gasteiger partial charge in [-0.1, -0.05) is 20.8 Å². The first kappa shape index (κ1) is 17.7. The van der Waals surface area contributed by atoms with Crippen molar-refractivity contribution in [1.82, 2.24) is 9.97 Å². The minimum absolute atomic E-state index is 0.138. The normalized spacial score (nSPS) is 21.9. The molecular weight excluding hydrogens is 294 g/mol. The smallest absolute Gasteiger partial charge is 0.306 e. The number of carboxylic acid groups (broad SMARTS) is 1. The summed E-state index contributed by atoms with van der Waals surface area (Å²) in [5.74, 6) is 0.708. The number of aliphatic carboxylic acids is 1. The van der Waals surface area contributed by atoms with E-state index in [0.29, 0.717) is 6.61 Å². The highest BCUT2D eigenvalue weighted by molar-refractivity contribution is 5.70. The van der Waals surface area contributed by atoms with Gasteiger partial charge in [-0.15, -0.1) is 0 Å². The standard InChI is InChI=1S/C17H27N3O3/c1-17(2,3)16-19-13(10-23-4)9-14(20-16)18-12-7-5-11(6-8-12)15(21)22/h9,11-12H,5-8,10H2,1-4H3,(H,21,22)(H,18,19,20). The third-order valence-corrected chi connectivity index (χ3v) is 4.17. The second kappa shape index (κ2) is 7.25. The molecule has 1 aromatic heterocycles. The predicted octanol–water partition coefficient (Wildman–Crippen LogP) is 2.98. The highest BCUT2D eigenvalue weighted by Gasteiger charge is 2.26. The molecule has 0 unspecified atom stereocenters. The number of rotatable bonds is 5. The van der Waals surface area contributed by atoms with Gasteiger partial charge in [-0.05, 0) is 25.7 Å². The topological polar surface area (TPSA) is 84.3 Å². The van der Waals surface area contributed by atoms with Crippen LogP contribution >= 0.6 is 0 Å². The molecule has 0 amide bonds. The molecule has 1 aliphatic rings. The molecule has 0 bridgehead atoms. The third kappa shape index (κ3) is 4.89. The second-order valence-corrected chi connectivity index (χ2v) is 7.28. The van der Waals surface area contributed by atoms with Crippen LogP contribution < -0.4 is 5.32 Å². The molecule has 1 fully saturated rings. The zero-order valence-electron chi connectivity index (χ0n) is 14.4. The summed E-state index contributed by atoms with van der Waals surface area (Å²) >= 11 is 0. The van der Waals surface area contributed by atoms with Crippen molar-refractivity contribution in [2.24, 2.45) is 5.92 Å². The van der Waals surface area contributed by atoms with E-state index in [1.54, 1.807) is 7.11 Å². The molecule has 0 spiro atoms. The Hall–Kier alpha value is -1.69. The fourth-order valence-corrected chi connectivity index (χ4v) is 2.82. The molecule has 0 atom stereocenters. The monoisotopic (exact) mass is 321 g/mol. The summed E-state index contributed by atoms with van der Waals surface area (Å²) in [6.07, 6.45) is 3.14. The Labute approximate surface area is 137 Å². The number of methoxy groups -OCH3 is 1. The van der Waals surface area contributed by atoms with Crippen LogP contribution in [-0.4, -0.2) is 34.2 Å². The molecule has 0 saturated heterocycles.